The maximum absolute atomic E-state index is 13.8. The topological polar surface area (TPSA) is 104 Å². The van der Waals surface area contributed by atoms with Gasteiger partial charge in [-0.1, -0.05) is 52.3 Å². The van der Waals surface area contributed by atoms with E-state index < -0.39 is 11.9 Å². The van der Waals surface area contributed by atoms with Crippen LogP contribution in [0.5, 0.6) is 0 Å². The second-order valence-corrected chi connectivity index (χ2v) is 6.41. The van der Waals surface area contributed by atoms with Crippen molar-refractivity contribution >= 4 is 33.8 Å². The molecule has 28 heavy (non-hydrogen) atoms. The number of carboxylic acids is 2. The fourth-order valence-electron chi connectivity index (χ4n) is 2.32. The number of carboxylic acid groups (broad SMARTS) is 2. The number of aliphatic carboxylic acids is 2. The molecular formula is C19H17BrFN3O4. The smallest absolute Gasteiger partial charge is 0.414 e. The van der Waals surface area contributed by atoms with Gasteiger partial charge in [0.15, 0.2) is 0 Å². The highest BCUT2D eigenvalue weighted by Crippen LogP contribution is 2.24. The lowest BCUT2D eigenvalue weighted by Gasteiger charge is -2.10. The van der Waals surface area contributed by atoms with Crippen LogP contribution in [0.2, 0.25) is 0 Å². The predicted molar refractivity (Wildman–Crippen MR) is 105 cm³/mol. The molecule has 3 rings (SSSR count). The van der Waals surface area contributed by atoms with Gasteiger partial charge in [0.2, 0.25) is 5.95 Å². The van der Waals surface area contributed by atoms with E-state index in [-0.39, 0.29) is 5.82 Å². The van der Waals surface area contributed by atoms with Crippen molar-refractivity contribution < 1.29 is 24.2 Å². The molecule has 0 aliphatic rings. The lowest BCUT2D eigenvalue weighted by Crippen LogP contribution is -2.09. The molecular weight excluding hydrogens is 433 g/mol. The minimum absolute atomic E-state index is 0.237. The van der Waals surface area contributed by atoms with Crippen molar-refractivity contribution in [1.82, 2.24) is 9.55 Å². The van der Waals surface area contributed by atoms with Gasteiger partial charge in [0.05, 0.1) is 11.9 Å². The summed E-state index contributed by atoms with van der Waals surface area (Å²) in [5.74, 6) is -3.18. The van der Waals surface area contributed by atoms with Crippen molar-refractivity contribution in [1.29, 1.82) is 0 Å². The molecule has 0 amide bonds. The van der Waals surface area contributed by atoms with Crippen LogP contribution in [0, 0.1) is 5.82 Å². The number of hydrogen-bond acceptors (Lipinski definition) is 4. The molecule has 3 N–H and O–H groups in total. The Kier molecular flexibility index (Phi) is 7.28. The fraction of sp³-hybridized carbons (Fsp3) is 0.105. The van der Waals surface area contributed by atoms with Gasteiger partial charge in [-0.05, 0) is 17.7 Å². The number of aromatic nitrogens is 2. The molecule has 0 saturated carbocycles. The van der Waals surface area contributed by atoms with Crippen LogP contribution in [-0.2, 0) is 23.2 Å². The van der Waals surface area contributed by atoms with Gasteiger partial charge in [-0.2, -0.15) is 0 Å². The second-order valence-electron chi connectivity index (χ2n) is 5.56. The molecule has 1 heterocycles. The maximum Gasteiger partial charge on any atom is 0.414 e. The summed E-state index contributed by atoms with van der Waals surface area (Å²) in [6.07, 6.45) is 1.81. The third kappa shape index (κ3) is 5.40. The van der Waals surface area contributed by atoms with Crippen LogP contribution in [0.1, 0.15) is 5.56 Å². The van der Waals surface area contributed by atoms with E-state index in [1.165, 1.54) is 6.07 Å². The summed E-state index contributed by atoms with van der Waals surface area (Å²) in [5, 5.41) is 18.0. The van der Waals surface area contributed by atoms with E-state index >= 15 is 0 Å². The Morgan fingerprint density at radius 3 is 2.32 bits per heavy atom. The van der Waals surface area contributed by atoms with Gasteiger partial charge in [-0.15, -0.1) is 0 Å². The number of halogens is 2. The van der Waals surface area contributed by atoms with Crippen molar-refractivity contribution in [3.63, 3.8) is 0 Å². The van der Waals surface area contributed by atoms with Crippen molar-refractivity contribution in [2.75, 3.05) is 5.32 Å². The Morgan fingerprint density at radius 2 is 1.75 bits per heavy atom. The molecule has 0 bridgehead atoms. The van der Waals surface area contributed by atoms with Crippen molar-refractivity contribution in [3.05, 3.63) is 70.6 Å². The average molecular weight is 450 g/mol. The van der Waals surface area contributed by atoms with Crippen LogP contribution in [0.15, 0.2) is 59.2 Å². The summed E-state index contributed by atoms with van der Waals surface area (Å²) in [6.45, 7) is 0.367. The van der Waals surface area contributed by atoms with Gasteiger partial charge in [-0.25, -0.2) is 19.0 Å². The first-order chi connectivity index (χ1) is 13.3. The molecule has 0 saturated heterocycles. The van der Waals surface area contributed by atoms with Crippen LogP contribution < -0.4 is 5.32 Å². The SMILES string of the molecule is Cn1c(-c2ccccc2)cnc1NCc1c(F)cccc1Br.O=C(O)C(=O)O. The largest absolute Gasteiger partial charge is 0.473 e. The molecule has 0 atom stereocenters. The Labute approximate surface area is 168 Å². The number of hydrogen-bond donors (Lipinski definition) is 3. The summed E-state index contributed by atoms with van der Waals surface area (Å²) in [4.78, 5) is 22.6. The second kappa shape index (κ2) is 9.65. The van der Waals surface area contributed by atoms with Crippen LogP contribution in [0.25, 0.3) is 11.3 Å². The summed E-state index contributed by atoms with van der Waals surface area (Å²) in [5.41, 5.74) is 2.69. The van der Waals surface area contributed by atoms with E-state index in [1.54, 1.807) is 6.07 Å². The summed E-state index contributed by atoms with van der Waals surface area (Å²) < 4.78 is 16.5. The van der Waals surface area contributed by atoms with Gasteiger partial charge in [0, 0.05) is 23.6 Å². The Bertz CT molecular complexity index is 944. The molecule has 2 aromatic carbocycles. The zero-order chi connectivity index (χ0) is 20.7. The van der Waals surface area contributed by atoms with E-state index in [2.05, 4.69) is 26.2 Å². The number of anilines is 1. The molecule has 3 aromatic rings. The van der Waals surface area contributed by atoms with Gasteiger partial charge >= 0.3 is 11.9 Å². The van der Waals surface area contributed by atoms with Crippen molar-refractivity contribution in [3.8, 4) is 11.3 Å². The van der Waals surface area contributed by atoms with Crippen LogP contribution in [-0.4, -0.2) is 31.7 Å². The highest BCUT2D eigenvalue weighted by Gasteiger charge is 2.10. The first-order valence-electron chi connectivity index (χ1n) is 8.01. The van der Waals surface area contributed by atoms with Gasteiger partial charge in [0.1, 0.15) is 5.82 Å². The number of benzene rings is 2. The Hall–Kier alpha value is -3.20. The summed E-state index contributed by atoms with van der Waals surface area (Å²) in [7, 11) is 1.94. The number of nitrogens with one attached hydrogen (secondary N) is 1. The number of nitrogens with zero attached hydrogens (tertiary/aromatic N) is 2. The summed E-state index contributed by atoms with van der Waals surface area (Å²) >= 11 is 3.37. The summed E-state index contributed by atoms with van der Waals surface area (Å²) in [6, 6.07) is 15.0. The van der Waals surface area contributed by atoms with Gasteiger partial charge in [-0.3, -0.25) is 0 Å². The third-order valence-corrected chi connectivity index (χ3v) is 4.47. The molecule has 0 aliphatic carbocycles. The van der Waals surface area contributed by atoms with Crippen LogP contribution >= 0.6 is 15.9 Å². The average Bonchev–Trinajstić information content (AvgIpc) is 3.03. The van der Waals surface area contributed by atoms with E-state index in [4.69, 9.17) is 19.8 Å². The lowest BCUT2D eigenvalue weighted by atomic mass is 10.2. The normalized spacial score (nSPS) is 9.96. The molecule has 1 aromatic heterocycles. The first-order valence-corrected chi connectivity index (χ1v) is 8.80. The molecule has 146 valence electrons. The number of imidazole rings is 1. The quantitative estimate of drug-likeness (QED) is 0.523. The number of carbonyl (C=O) groups is 2. The van der Waals surface area contributed by atoms with E-state index in [0.717, 1.165) is 15.7 Å². The standard InChI is InChI=1S/C17H15BrFN3.C2H2O4/c1-22-16(12-6-3-2-4-7-12)11-21-17(22)20-10-13-14(18)8-5-9-15(13)19;3-1(4)2(5)6/h2-9,11H,10H2,1H3,(H,20,21);(H,3,4)(H,5,6). The minimum Gasteiger partial charge on any atom is -0.473 e. The van der Waals surface area contributed by atoms with Gasteiger partial charge in [0.25, 0.3) is 0 Å². The molecule has 7 nitrogen and oxygen atoms in total. The monoisotopic (exact) mass is 449 g/mol. The molecule has 0 fully saturated rings. The molecule has 0 aliphatic heterocycles. The zero-order valence-corrected chi connectivity index (χ0v) is 16.4. The number of rotatable bonds is 4. The van der Waals surface area contributed by atoms with Crippen LogP contribution in [0.3, 0.4) is 0 Å². The predicted octanol–water partition coefficient (Wildman–Crippen LogP) is 3.76. The molecule has 0 unspecified atom stereocenters. The highest BCUT2D eigenvalue weighted by atomic mass is 79.9. The van der Waals surface area contributed by atoms with E-state index in [1.807, 2.05) is 54.2 Å². The van der Waals surface area contributed by atoms with Crippen molar-refractivity contribution in [2.45, 2.75) is 6.54 Å². The van der Waals surface area contributed by atoms with E-state index in [9.17, 15) is 4.39 Å². The third-order valence-electron chi connectivity index (χ3n) is 3.73. The Balaban J connectivity index is 0.000000409. The molecule has 0 spiro atoms. The van der Waals surface area contributed by atoms with Crippen LogP contribution in [0.4, 0.5) is 10.3 Å². The van der Waals surface area contributed by atoms with Gasteiger partial charge < -0.3 is 20.1 Å². The van der Waals surface area contributed by atoms with Crippen molar-refractivity contribution in [2.24, 2.45) is 7.05 Å². The lowest BCUT2D eigenvalue weighted by molar-refractivity contribution is -0.159. The molecule has 9 heteroatoms. The molecule has 0 radical (unpaired) electrons. The highest BCUT2D eigenvalue weighted by molar-refractivity contribution is 9.10. The fourth-order valence-corrected chi connectivity index (χ4v) is 2.80. The Morgan fingerprint density at radius 1 is 1.11 bits per heavy atom. The minimum atomic E-state index is -1.82. The zero-order valence-electron chi connectivity index (χ0n) is 14.8. The maximum atomic E-state index is 13.8. The van der Waals surface area contributed by atoms with E-state index in [0.29, 0.717) is 18.1 Å². The first kappa shape index (κ1) is 21.1.